The van der Waals surface area contributed by atoms with Crippen molar-refractivity contribution in [3.63, 3.8) is 0 Å². The Labute approximate surface area is 164 Å². The normalized spacial score (nSPS) is 18.0. The first-order chi connectivity index (χ1) is 13.6. The number of aryl methyl sites for hydroxylation is 1. The van der Waals surface area contributed by atoms with Gasteiger partial charge in [-0.15, -0.1) is 0 Å². The number of fused-ring (bicyclic) bond motifs is 1. The lowest BCUT2D eigenvalue weighted by atomic mass is 9.89. The van der Waals surface area contributed by atoms with Crippen LogP contribution >= 0.6 is 0 Å². The fraction of sp³-hybridized carbons (Fsp3) is 0.391. The highest BCUT2D eigenvalue weighted by atomic mass is 19.1. The predicted octanol–water partition coefficient (Wildman–Crippen LogP) is 3.70. The SMILES string of the molecule is O=C(c1cccc(F)c1)C1CCN(CC(=O)N2CCCc3ccccc32)CC1. The molecule has 4 rings (SSSR count). The zero-order valence-corrected chi connectivity index (χ0v) is 15.9. The van der Waals surface area contributed by atoms with E-state index in [1.165, 1.54) is 17.7 Å². The van der Waals surface area contributed by atoms with Gasteiger partial charge in [0.25, 0.3) is 0 Å². The first-order valence-corrected chi connectivity index (χ1v) is 10.0. The first-order valence-electron chi connectivity index (χ1n) is 10.0. The minimum Gasteiger partial charge on any atom is -0.311 e. The molecule has 0 spiro atoms. The highest BCUT2D eigenvalue weighted by molar-refractivity contribution is 5.98. The van der Waals surface area contributed by atoms with E-state index in [1.54, 1.807) is 12.1 Å². The number of halogens is 1. The number of hydrogen-bond acceptors (Lipinski definition) is 3. The van der Waals surface area contributed by atoms with E-state index in [0.717, 1.165) is 25.1 Å². The van der Waals surface area contributed by atoms with Gasteiger partial charge in [-0.25, -0.2) is 4.39 Å². The van der Waals surface area contributed by atoms with Crippen LogP contribution in [0.3, 0.4) is 0 Å². The summed E-state index contributed by atoms with van der Waals surface area (Å²) in [5.41, 5.74) is 2.72. The van der Waals surface area contributed by atoms with Crippen LogP contribution in [-0.2, 0) is 11.2 Å². The molecule has 2 aromatic rings. The summed E-state index contributed by atoms with van der Waals surface area (Å²) in [5.74, 6) is -0.336. The Kier molecular flexibility index (Phi) is 5.53. The van der Waals surface area contributed by atoms with Gasteiger partial charge in [0, 0.05) is 23.7 Å². The number of benzene rings is 2. The standard InChI is InChI=1S/C23H25FN2O2/c24-20-8-3-6-19(15-20)23(28)18-10-13-25(14-11-18)16-22(27)26-12-4-7-17-5-1-2-9-21(17)26/h1-3,5-6,8-9,15,18H,4,7,10-14,16H2. The Hall–Kier alpha value is -2.53. The molecule has 2 aromatic carbocycles. The quantitative estimate of drug-likeness (QED) is 0.760. The van der Waals surface area contributed by atoms with Crippen molar-refractivity contribution in [3.8, 4) is 0 Å². The summed E-state index contributed by atoms with van der Waals surface area (Å²) in [7, 11) is 0. The maximum Gasteiger partial charge on any atom is 0.241 e. The molecular formula is C23H25FN2O2. The van der Waals surface area contributed by atoms with Gasteiger partial charge in [0.05, 0.1) is 6.54 Å². The Bertz CT molecular complexity index is 874. The van der Waals surface area contributed by atoms with Crippen LogP contribution in [0.5, 0.6) is 0 Å². The number of nitrogens with zero attached hydrogens (tertiary/aromatic N) is 2. The Morgan fingerprint density at radius 1 is 1.00 bits per heavy atom. The van der Waals surface area contributed by atoms with Crippen LogP contribution < -0.4 is 4.90 Å². The van der Waals surface area contributed by atoms with Crippen molar-refractivity contribution < 1.29 is 14.0 Å². The molecule has 1 amide bonds. The van der Waals surface area contributed by atoms with Gasteiger partial charge in [0.15, 0.2) is 5.78 Å². The molecular weight excluding hydrogens is 355 g/mol. The summed E-state index contributed by atoms with van der Waals surface area (Å²) in [4.78, 5) is 29.5. The Morgan fingerprint density at radius 2 is 1.79 bits per heavy atom. The van der Waals surface area contributed by atoms with E-state index in [-0.39, 0.29) is 23.4 Å². The summed E-state index contributed by atoms with van der Waals surface area (Å²) < 4.78 is 13.4. The van der Waals surface area contributed by atoms with Crippen molar-refractivity contribution in [2.24, 2.45) is 5.92 Å². The Morgan fingerprint density at radius 3 is 2.57 bits per heavy atom. The molecule has 2 heterocycles. The van der Waals surface area contributed by atoms with Crippen molar-refractivity contribution in [2.45, 2.75) is 25.7 Å². The molecule has 0 aromatic heterocycles. The largest absolute Gasteiger partial charge is 0.311 e. The summed E-state index contributed by atoms with van der Waals surface area (Å²) in [6.45, 7) is 2.58. The lowest BCUT2D eigenvalue weighted by Crippen LogP contribution is -2.45. The molecule has 28 heavy (non-hydrogen) atoms. The van der Waals surface area contributed by atoms with Gasteiger partial charge in [0.1, 0.15) is 5.82 Å². The van der Waals surface area contributed by atoms with Gasteiger partial charge in [-0.3, -0.25) is 14.5 Å². The van der Waals surface area contributed by atoms with E-state index in [2.05, 4.69) is 11.0 Å². The van der Waals surface area contributed by atoms with Crippen LogP contribution in [0.25, 0.3) is 0 Å². The summed E-state index contributed by atoms with van der Waals surface area (Å²) >= 11 is 0. The number of Topliss-reactive ketones (excluding diaryl/α,β-unsaturated/α-hetero) is 1. The van der Waals surface area contributed by atoms with Crippen molar-refractivity contribution in [2.75, 3.05) is 31.1 Å². The Balaban J connectivity index is 1.34. The smallest absolute Gasteiger partial charge is 0.241 e. The number of ketones is 1. The number of carbonyl (C=O) groups is 2. The van der Waals surface area contributed by atoms with Gasteiger partial charge in [0.2, 0.25) is 5.91 Å². The van der Waals surface area contributed by atoms with E-state index >= 15 is 0 Å². The van der Waals surface area contributed by atoms with Crippen LogP contribution in [0.1, 0.15) is 35.2 Å². The number of piperidine rings is 1. The molecule has 0 atom stereocenters. The third-order valence-corrected chi connectivity index (χ3v) is 5.84. The number of likely N-dealkylation sites (tertiary alicyclic amines) is 1. The van der Waals surface area contributed by atoms with E-state index in [1.807, 2.05) is 23.1 Å². The van der Waals surface area contributed by atoms with Gasteiger partial charge < -0.3 is 4.90 Å². The van der Waals surface area contributed by atoms with E-state index < -0.39 is 0 Å². The maximum absolute atomic E-state index is 13.4. The summed E-state index contributed by atoms with van der Waals surface area (Å²) in [6, 6.07) is 14.0. The van der Waals surface area contributed by atoms with Gasteiger partial charge in [-0.2, -0.15) is 0 Å². The number of hydrogen-bond donors (Lipinski definition) is 0. The van der Waals surface area contributed by atoms with Crippen LogP contribution in [-0.4, -0.2) is 42.8 Å². The predicted molar refractivity (Wildman–Crippen MR) is 107 cm³/mol. The highest BCUT2D eigenvalue weighted by Crippen LogP contribution is 2.27. The zero-order valence-electron chi connectivity index (χ0n) is 15.9. The van der Waals surface area contributed by atoms with Crippen LogP contribution in [0, 0.1) is 11.7 Å². The molecule has 1 fully saturated rings. The van der Waals surface area contributed by atoms with Gasteiger partial charge in [-0.05, 0) is 62.5 Å². The average Bonchev–Trinajstić information content (AvgIpc) is 2.73. The number of amides is 1. The van der Waals surface area contributed by atoms with Crippen molar-refractivity contribution in [1.29, 1.82) is 0 Å². The summed E-state index contributed by atoms with van der Waals surface area (Å²) in [6.07, 6.45) is 3.43. The molecule has 0 N–H and O–H groups in total. The fourth-order valence-electron chi connectivity index (χ4n) is 4.30. The lowest BCUT2D eigenvalue weighted by molar-refractivity contribution is -0.120. The second-order valence-corrected chi connectivity index (χ2v) is 7.70. The maximum atomic E-state index is 13.4. The van der Waals surface area contributed by atoms with Gasteiger partial charge >= 0.3 is 0 Å². The molecule has 146 valence electrons. The number of rotatable bonds is 4. The van der Waals surface area contributed by atoms with Crippen molar-refractivity contribution in [1.82, 2.24) is 4.90 Å². The van der Waals surface area contributed by atoms with Crippen LogP contribution in [0.15, 0.2) is 48.5 Å². The third-order valence-electron chi connectivity index (χ3n) is 5.84. The molecule has 0 saturated carbocycles. The number of carbonyl (C=O) groups excluding carboxylic acids is 2. The molecule has 0 aliphatic carbocycles. The third kappa shape index (κ3) is 3.99. The number of anilines is 1. The minimum atomic E-state index is -0.379. The topological polar surface area (TPSA) is 40.6 Å². The highest BCUT2D eigenvalue weighted by Gasteiger charge is 2.29. The molecule has 0 bridgehead atoms. The summed E-state index contributed by atoms with van der Waals surface area (Å²) in [5, 5.41) is 0. The number of para-hydroxylation sites is 1. The van der Waals surface area contributed by atoms with Crippen molar-refractivity contribution in [3.05, 3.63) is 65.5 Å². The van der Waals surface area contributed by atoms with Crippen molar-refractivity contribution >= 4 is 17.4 Å². The van der Waals surface area contributed by atoms with Crippen LogP contribution in [0.4, 0.5) is 10.1 Å². The zero-order chi connectivity index (χ0) is 19.5. The second-order valence-electron chi connectivity index (χ2n) is 7.70. The first kappa shape index (κ1) is 18.8. The minimum absolute atomic E-state index is 0.00966. The second kappa shape index (κ2) is 8.23. The van der Waals surface area contributed by atoms with Gasteiger partial charge in [-0.1, -0.05) is 30.3 Å². The fourth-order valence-corrected chi connectivity index (χ4v) is 4.30. The molecule has 4 nitrogen and oxygen atoms in total. The van der Waals surface area contributed by atoms with E-state index in [4.69, 9.17) is 0 Å². The molecule has 2 aliphatic rings. The molecule has 2 aliphatic heterocycles. The molecule has 1 saturated heterocycles. The average molecular weight is 380 g/mol. The van der Waals surface area contributed by atoms with E-state index in [9.17, 15) is 14.0 Å². The molecule has 5 heteroatoms. The lowest BCUT2D eigenvalue weighted by Gasteiger charge is -2.34. The van der Waals surface area contributed by atoms with E-state index in [0.29, 0.717) is 38.0 Å². The molecule has 0 unspecified atom stereocenters. The van der Waals surface area contributed by atoms with Crippen LogP contribution in [0.2, 0.25) is 0 Å². The molecule has 0 radical (unpaired) electrons. The monoisotopic (exact) mass is 380 g/mol.